The smallest absolute Gasteiger partial charge is 0.328 e. The van der Waals surface area contributed by atoms with Gasteiger partial charge in [-0.05, 0) is 31.2 Å². The third-order valence-electron chi connectivity index (χ3n) is 2.36. The molecule has 0 bridgehead atoms. The number of rotatable bonds is 5. The van der Waals surface area contributed by atoms with Crippen LogP contribution < -0.4 is 20.1 Å². The molecule has 0 amide bonds. The van der Waals surface area contributed by atoms with E-state index in [1.165, 1.54) is 0 Å². The second-order valence-corrected chi connectivity index (χ2v) is 4.18. The Balaban J connectivity index is 2.16. The van der Waals surface area contributed by atoms with Crippen molar-refractivity contribution < 1.29 is 9.47 Å². The van der Waals surface area contributed by atoms with E-state index in [-0.39, 0.29) is 12.0 Å². The molecule has 0 radical (unpaired) electrons. The minimum atomic E-state index is 0.115. The Morgan fingerprint density at radius 2 is 1.70 bits per heavy atom. The Bertz CT molecular complexity index is 571. The summed E-state index contributed by atoms with van der Waals surface area (Å²) >= 11 is 0. The number of hydrogen-bond acceptors (Lipinski definition) is 7. The molecule has 0 fully saturated rings. The Kier molecular flexibility index (Phi) is 4.19. The maximum absolute atomic E-state index is 5.63. The number of nitrogens with zero attached hydrogens (tertiary/aromatic N) is 4. The highest BCUT2D eigenvalue weighted by atomic mass is 16.5. The number of nitrogen functional groups attached to an aromatic ring is 1. The molecule has 7 heteroatoms. The van der Waals surface area contributed by atoms with Gasteiger partial charge in [-0.15, -0.1) is 0 Å². The van der Waals surface area contributed by atoms with Crippen molar-refractivity contribution in [2.45, 2.75) is 6.92 Å². The fourth-order valence-corrected chi connectivity index (χ4v) is 1.48. The second-order valence-electron chi connectivity index (χ2n) is 4.18. The molecule has 0 spiro atoms. The van der Waals surface area contributed by atoms with Crippen LogP contribution >= 0.6 is 0 Å². The summed E-state index contributed by atoms with van der Waals surface area (Å²) in [5, 5.41) is 0. The number of benzene rings is 1. The Morgan fingerprint density at radius 1 is 1.05 bits per heavy atom. The summed E-state index contributed by atoms with van der Waals surface area (Å²) in [5.74, 6) is 1.94. The number of ether oxygens (including phenoxy) is 2. The van der Waals surface area contributed by atoms with Gasteiger partial charge in [0.15, 0.2) is 0 Å². The van der Waals surface area contributed by atoms with Crippen LogP contribution in [0, 0.1) is 0 Å². The molecule has 2 aromatic rings. The summed E-state index contributed by atoms with van der Waals surface area (Å²) in [7, 11) is 3.63. The van der Waals surface area contributed by atoms with Crippen LogP contribution in [0.2, 0.25) is 0 Å². The van der Waals surface area contributed by atoms with Crippen molar-refractivity contribution in [3.8, 4) is 17.5 Å². The molecule has 20 heavy (non-hydrogen) atoms. The number of hydrogen-bond donors (Lipinski definition) is 1. The molecule has 0 aliphatic rings. The van der Waals surface area contributed by atoms with Crippen molar-refractivity contribution in [2.24, 2.45) is 0 Å². The van der Waals surface area contributed by atoms with Crippen molar-refractivity contribution in [2.75, 3.05) is 31.3 Å². The van der Waals surface area contributed by atoms with Gasteiger partial charge >= 0.3 is 6.01 Å². The number of aromatic nitrogens is 3. The molecule has 1 aromatic heterocycles. The van der Waals surface area contributed by atoms with Gasteiger partial charge in [-0.25, -0.2) is 0 Å². The SMILES string of the molecule is CCOc1ccc(Oc2nc(N)nc(N(C)C)n2)cc1. The van der Waals surface area contributed by atoms with E-state index in [0.717, 1.165) is 5.75 Å². The van der Waals surface area contributed by atoms with E-state index < -0.39 is 0 Å². The fourth-order valence-electron chi connectivity index (χ4n) is 1.48. The van der Waals surface area contributed by atoms with Gasteiger partial charge in [-0.2, -0.15) is 15.0 Å². The van der Waals surface area contributed by atoms with Crippen LogP contribution in [0.5, 0.6) is 17.5 Å². The lowest BCUT2D eigenvalue weighted by atomic mass is 10.3. The molecule has 1 heterocycles. The molecule has 2 N–H and O–H groups in total. The quantitative estimate of drug-likeness (QED) is 0.888. The molecule has 0 saturated heterocycles. The average Bonchev–Trinajstić information content (AvgIpc) is 2.40. The molecule has 2 rings (SSSR count). The van der Waals surface area contributed by atoms with Crippen molar-refractivity contribution in [1.82, 2.24) is 15.0 Å². The zero-order valence-electron chi connectivity index (χ0n) is 11.7. The van der Waals surface area contributed by atoms with E-state index >= 15 is 0 Å². The van der Waals surface area contributed by atoms with Crippen LogP contribution in [-0.4, -0.2) is 35.7 Å². The molecule has 0 saturated carbocycles. The van der Waals surface area contributed by atoms with Gasteiger partial charge < -0.3 is 20.1 Å². The van der Waals surface area contributed by atoms with E-state index in [0.29, 0.717) is 18.3 Å². The third-order valence-corrected chi connectivity index (χ3v) is 2.36. The zero-order chi connectivity index (χ0) is 14.5. The second kappa shape index (κ2) is 6.05. The molecule has 1 aromatic carbocycles. The van der Waals surface area contributed by atoms with Gasteiger partial charge in [0.05, 0.1) is 6.61 Å². The fraction of sp³-hybridized carbons (Fsp3) is 0.308. The standard InChI is InChI=1S/C13H17N5O2/c1-4-19-9-5-7-10(8-6-9)20-13-16-11(14)15-12(17-13)18(2)3/h5-8H,4H2,1-3H3,(H2,14,15,16,17). The first-order valence-electron chi connectivity index (χ1n) is 6.18. The largest absolute Gasteiger partial charge is 0.494 e. The molecule has 106 valence electrons. The van der Waals surface area contributed by atoms with Crippen LogP contribution in [0.1, 0.15) is 6.92 Å². The van der Waals surface area contributed by atoms with Crippen molar-refractivity contribution >= 4 is 11.9 Å². The Morgan fingerprint density at radius 3 is 2.30 bits per heavy atom. The molecule has 0 atom stereocenters. The van der Waals surface area contributed by atoms with Crippen LogP contribution in [0.4, 0.5) is 11.9 Å². The van der Waals surface area contributed by atoms with Crippen LogP contribution in [0.25, 0.3) is 0 Å². The zero-order valence-corrected chi connectivity index (χ0v) is 11.7. The maximum atomic E-state index is 5.63. The first-order chi connectivity index (χ1) is 9.58. The normalized spacial score (nSPS) is 10.2. The monoisotopic (exact) mass is 275 g/mol. The molecule has 7 nitrogen and oxygen atoms in total. The summed E-state index contributed by atoms with van der Waals surface area (Å²) in [6.45, 7) is 2.55. The van der Waals surface area contributed by atoms with Gasteiger partial charge in [-0.3, -0.25) is 0 Å². The maximum Gasteiger partial charge on any atom is 0.328 e. The molecule has 0 aliphatic carbocycles. The van der Waals surface area contributed by atoms with Gasteiger partial charge in [-0.1, -0.05) is 0 Å². The topological polar surface area (TPSA) is 86.4 Å². The highest BCUT2D eigenvalue weighted by molar-refractivity contribution is 5.36. The van der Waals surface area contributed by atoms with E-state index in [1.807, 2.05) is 33.2 Å². The predicted molar refractivity (Wildman–Crippen MR) is 76.3 cm³/mol. The Labute approximate surface area is 117 Å². The highest BCUT2D eigenvalue weighted by Crippen LogP contribution is 2.22. The van der Waals surface area contributed by atoms with Crippen molar-refractivity contribution in [3.63, 3.8) is 0 Å². The van der Waals surface area contributed by atoms with Crippen molar-refractivity contribution in [1.29, 1.82) is 0 Å². The number of anilines is 2. The van der Waals surface area contributed by atoms with Crippen LogP contribution in [0.3, 0.4) is 0 Å². The molecule has 0 aliphatic heterocycles. The lowest BCUT2D eigenvalue weighted by Gasteiger charge is -2.11. The minimum absolute atomic E-state index is 0.115. The highest BCUT2D eigenvalue weighted by Gasteiger charge is 2.08. The summed E-state index contributed by atoms with van der Waals surface area (Å²) in [6.07, 6.45) is 0. The summed E-state index contributed by atoms with van der Waals surface area (Å²) in [6, 6.07) is 7.35. The van der Waals surface area contributed by atoms with Crippen molar-refractivity contribution in [3.05, 3.63) is 24.3 Å². The lowest BCUT2D eigenvalue weighted by Crippen LogP contribution is -2.15. The first-order valence-corrected chi connectivity index (χ1v) is 6.18. The average molecular weight is 275 g/mol. The summed E-state index contributed by atoms with van der Waals surface area (Å²) in [5.41, 5.74) is 5.63. The van der Waals surface area contributed by atoms with Gasteiger partial charge in [0.25, 0.3) is 0 Å². The van der Waals surface area contributed by atoms with Crippen LogP contribution in [-0.2, 0) is 0 Å². The first kappa shape index (κ1) is 13.9. The van der Waals surface area contributed by atoms with Crippen LogP contribution in [0.15, 0.2) is 24.3 Å². The summed E-state index contributed by atoms with van der Waals surface area (Å²) < 4.78 is 10.9. The minimum Gasteiger partial charge on any atom is -0.494 e. The van der Waals surface area contributed by atoms with Gasteiger partial charge in [0.1, 0.15) is 11.5 Å². The third kappa shape index (κ3) is 3.47. The molecule has 0 unspecified atom stereocenters. The summed E-state index contributed by atoms with van der Waals surface area (Å²) in [4.78, 5) is 13.8. The van der Waals surface area contributed by atoms with Gasteiger partial charge in [0, 0.05) is 14.1 Å². The lowest BCUT2D eigenvalue weighted by molar-refractivity contribution is 0.339. The van der Waals surface area contributed by atoms with E-state index in [2.05, 4.69) is 15.0 Å². The van der Waals surface area contributed by atoms with E-state index in [1.54, 1.807) is 17.0 Å². The molecular formula is C13H17N5O2. The van der Waals surface area contributed by atoms with Gasteiger partial charge in [0.2, 0.25) is 11.9 Å². The van der Waals surface area contributed by atoms with E-state index in [9.17, 15) is 0 Å². The van der Waals surface area contributed by atoms with E-state index in [4.69, 9.17) is 15.2 Å². The Hall–Kier alpha value is -2.57. The predicted octanol–water partition coefficient (Wildman–Crippen LogP) is 1.71. The molecular weight excluding hydrogens is 258 g/mol. The number of nitrogens with two attached hydrogens (primary N) is 1.